The van der Waals surface area contributed by atoms with Crippen molar-refractivity contribution in [3.05, 3.63) is 27.9 Å². The fourth-order valence-corrected chi connectivity index (χ4v) is 1.75. The molecule has 0 aromatic carbocycles. The molecule has 0 atom stereocenters. The first kappa shape index (κ1) is 13.9. The number of aromatic amines is 1. The summed E-state index contributed by atoms with van der Waals surface area (Å²) in [4.78, 5) is 21.1. The summed E-state index contributed by atoms with van der Waals surface area (Å²) in [6.45, 7) is 11.4. The van der Waals surface area contributed by atoms with Crippen molar-refractivity contribution in [3.63, 3.8) is 0 Å². The number of aromatic nitrogens is 2. The van der Waals surface area contributed by atoms with Crippen LogP contribution in [0.1, 0.15) is 45.1 Å². The molecule has 0 spiro atoms. The maximum atomic E-state index is 11.5. The standard InChI is InChI=1S/C13H23N3O/c1-5-16(6-2)8-7-12-14-11(10(3)4)9-13(17)15-12/h9-10H,5-8H2,1-4H3,(H,14,15,17). The smallest absolute Gasteiger partial charge is 0.251 e. The summed E-state index contributed by atoms with van der Waals surface area (Å²) < 4.78 is 0. The van der Waals surface area contributed by atoms with E-state index in [2.05, 4.69) is 42.6 Å². The number of nitrogens with zero attached hydrogens (tertiary/aromatic N) is 2. The number of likely N-dealkylation sites (N-methyl/N-ethyl adjacent to an activating group) is 1. The molecule has 0 amide bonds. The van der Waals surface area contributed by atoms with E-state index < -0.39 is 0 Å². The fraction of sp³-hybridized carbons (Fsp3) is 0.692. The largest absolute Gasteiger partial charge is 0.311 e. The average molecular weight is 237 g/mol. The summed E-state index contributed by atoms with van der Waals surface area (Å²) in [6.07, 6.45) is 0.803. The highest BCUT2D eigenvalue weighted by Gasteiger charge is 2.06. The molecular weight excluding hydrogens is 214 g/mol. The van der Waals surface area contributed by atoms with Gasteiger partial charge in [-0.1, -0.05) is 27.7 Å². The van der Waals surface area contributed by atoms with Crippen LogP contribution in [0.4, 0.5) is 0 Å². The predicted octanol–water partition coefficient (Wildman–Crippen LogP) is 1.78. The zero-order valence-corrected chi connectivity index (χ0v) is 11.3. The molecule has 0 bridgehead atoms. The maximum Gasteiger partial charge on any atom is 0.251 e. The van der Waals surface area contributed by atoms with Gasteiger partial charge in [0.15, 0.2) is 0 Å². The van der Waals surface area contributed by atoms with E-state index in [1.54, 1.807) is 6.07 Å². The lowest BCUT2D eigenvalue weighted by Crippen LogP contribution is -2.26. The van der Waals surface area contributed by atoms with E-state index in [0.29, 0.717) is 5.92 Å². The van der Waals surface area contributed by atoms with Gasteiger partial charge in [-0.05, 0) is 19.0 Å². The monoisotopic (exact) mass is 237 g/mol. The number of hydrogen-bond acceptors (Lipinski definition) is 3. The molecule has 0 aliphatic carbocycles. The summed E-state index contributed by atoms with van der Waals surface area (Å²) in [5, 5.41) is 0. The Morgan fingerprint density at radius 2 is 2.00 bits per heavy atom. The normalized spacial score (nSPS) is 11.4. The molecule has 1 rings (SSSR count). The first-order valence-corrected chi connectivity index (χ1v) is 6.39. The summed E-state index contributed by atoms with van der Waals surface area (Å²) >= 11 is 0. The molecule has 4 heteroatoms. The van der Waals surface area contributed by atoms with Crippen molar-refractivity contribution in [2.45, 2.75) is 40.0 Å². The lowest BCUT2D eigenvalue weighted by molar-refractivity contribution is 0.305. The van der Waals surface area contributed by atoms with Crippen LogP contribution in [0, 0.1) is 0 Å². The van der Waals surface area contributed by atoms with E-state index in [1.165, 1.54) is 0 Å². The second kappa shape index (κ2) is 6.55. The van der Waals surface area contributed by atoms with Gasteiger partial charge in [-0.2, -0.15) is 0 Å². The predicted molar refractivity (Wildman–Crippen MR) is 70.4 cm³/mol. The van der Waals surface area contributed by atoms with Crippen molar-refractivity contribution in [1.29, 1.82) is 0 Å². The van der Waals surface area contributed by atoms with Crippen LogP contribution in [0.5, 0.6) is 0 Å². The molecule has 0 aliphatic heterocycles. The van der Waals surface area contributed by atoms with Gasteiger partial charge in [-0.3, -0.25) is 4.79 Å². The molecule has 4 nitrogen and oxygen atoms in total. The molecule has 0 saturated carbocycles. The van der Waals surface area contributed by atoms with Crippen LogP contribution in [-0.2, 0) is 6.42 Å². The van der Waals surface area contributed by atoms with Gasteiger partial charge in [0.05, 0.1) is 5.69 Å². The van der Waals surface area contributed by atoms with Gasteiger partial charge < -0.3 is 9.88 Å². The van der Waals surface area contributed by atoms with Crippen LogP contribution in [0.15, 0.2) is 10.9 Å². The maximum absolute atomic E-state index is 11.5. The van der Waals surface area contributed by atoms with Crippen molar-refractivity contribution in [3.8, 4) is 0 Å². The molecule has 1 N–H and O–H groups in total. The van der Waals surface area contributed by atoms with Crippen molar-refractivity contribution < 1.29 is 0 Å². The minimum atomic E-state index is -0.0433. The molecule has 0 radical (unpaired) electrons. The summed E-state index contributed by atoms with van der Waals surface area (Å²) in [6, 6.07) is 1.59. The minimum absolute atomic E-state index is 0.0433. The van der Waals surface area contributed by atoms with E-state index in [-0.39, 0.29) is 5.56 Å². The molecule has 17 heavy (non-hydrogen) atoms. The zero-order chi connectivity index (χ0) is 12.8. The van der Waals surface area contributed by atoms with Gasteiger partial charge in [-0.25, -0.2) is 4.98 Å². The lowest BCUT2D eigenvalue weighted by atomic mass is 10.1. The Morgan fingerprint density at radius 3 is 2.53 bits per heavy atom. The Bertz CT molecular complexity index is 394. The van der Waals surface area contributed by atoms with Crippen LogP contribution < -0.4 is 5.56 Å². The number of hydrogen-bond donors (Lipinski definition) is 1. The SMILES string of the molecule is CCN(CC)CCc1nc(C(C)C)cc(=O)[nH]1. The summed E-state index contributed by atoms with van der Waals surface area (Å²) in [7, 11) is 0. The van der Waals surface area contributed by atoms with Gasteiger partial charge in [0.1, 0.15) is 5.82 Å². The second-order valence-electron chi connectivity index (χ2n) is 4.55. The Balaban J connectivity index is 2.74. The molecule has 0 unspecified atom stereocenters. The number of nitrogens with one attached hydrogen (secondary N) is 1. The van der Waals surface area contributed by atoms with Crippen LogP contribution >= 0.6 is 0 Å². The highest BCUT2D eigenvalue weighted by molar-refractivity contribution is 5.07. The van der Waals surface area contributed by atoms with Crippen molar-refractivity contribution in [2.24, 2.45) is 0 Å². The molecule has 0 fully saturated rings. The summed E-state index contributed by atoms with van der Waals surface area (Å²) in [5.74, 6) is 1.10. The Hall–Kier alpha value is -1.16. The quantitative estimate of drug-likeness (QED) is 0.820. The number of H-pyrrole nitrogens is 1. The Kier molecular flexibility index (Phi) is 5.35. The Morgan fingerprint density at radius 1 is 1.35 bits per heavy atom. The second-order valence-corrected chi connectivity index (χ2v) is 4.55. The zero-order valence-electron chi connectivity index (χ0n) is 11.3. The molecule has 0 aliphatic rings. The van der Waals surface area contributed by atoms with Crippen LogP contribution in [-0.4, -0.2) is 34.5 Å². The molecule has 0 saturated heterocycles. The molecular formula is C13H23N3O. The third kappa shape index (κ3) is 4.30. The lowest BCUT2D eigenvalue weighted by Gasteiger charge is -2.17. The molecule has 1 heterocycles. The van der Waals surface area contributed by atoms with Gasteiger partial charge in [0, 0.05) is 19.0 Å². The van der Waals surface area contributed by atoms with Crippen LogP contribution in [0.3, 0.4) is 0 Å². The first-order chi connectivity index (χ1) is 8.06. The fourth-order valence-electron chi connectivity index (χ4n) is 1.75. The van der Waals surface area contributed by atoms with E-state index >= 15 is 0 Å². The molecule has 96 valence electrons. The van der Waals surface area contributed by atoms with Crippen molar-refractivity contribution in [1.82, 2.24) is 14.9 Å². The van der Waals surface area contributed by atoms with Crippen molar-refractivity contribution in [2.75, 3.05) is 19.6 Å². The third-order valence-corrected chi connectivity index (χ3v) is 2.96. The van der Waals surface area contributed by atoms with Gasteiger partial charge in [0.25, 0.3) is 5.56 Å². The van der Waals surface area contributed by atoms with Gasteiger partial charge >= 0.3 is 0 Å². The third-order valence-electron chi connectivity index (χ3n) is 2.96. The number of rotatable bonds is 6. The van der Waals surface area contributed by atoms with Gasteiger partial charge in [-0.15, -0.1) is 0 Å². The van der Waals surface area contributed by atoms with Crippen LogP contribution in [0.2, 0.25) is 0 Å². The van der Waals surface area contributed by atoms with E-state index in [4.69, 9.17) is 0 Å². The van der Waals surface area contributed by atoms with E-state index in [1.807, 2.05) is 0 Å². The van der Waals surface area contributed by atoms with Gasteiger partial charge in [0.2, 0.25) is 0 Å². The van der Waals surface area contributed by atoms with Crippen LogP contribution in [0.25, 0.3) is 0 Å². The first-order valence-electron chi connectivity index (χ1n) is 6.39. The van der Waals surface area contributed by atoms with E-state index in [0.717, 1.165) is 37.6 Å². The van der Waals surface area contributed by atoms with Crippen molar-refractivity contribution >= 4 is 0 Å². The topological polar surface area (TPSA) is 49.0 Å². The van der Waals surface area contributed by atoms with E-state index in [9.17, 15) is 4.79 Å². The highest BCUT2D eigenvalue weighted by atomic mass is 16.1. The highest BCUT2D eigenvalue weighted by Crippen LogP contribution is 2.08. The minimum Gasteiger partial charge on any atom is -0.311 e. The summed E-state index contributed by atoms with van der Waals surface area (Å²) in [5.41, 5.74) is 0.835. The molecule has 1 aromatic rings. The Labute approximate surface area is 103 Å². The average Bonchev–Trinajstić information content (AvgIpc) is 2.29. The molecule has 1 aromatic heterocycles.